The van der Waals surface area contributed by atoms with Crippen LogP contribution in [-0.4, -0.2) is 19.1 Å². The normalized spacial score (nSPS) is 12.2. The third kappa shape index (κ3) is 2.88. The van der Waals surface area contributed by atoms with Gasteiger partial charge in [0, 0.05) is 17.8 Å². The van der Waals surface area contributed by atoms with Crippen LogP contribution in [0.25, 0.3) is 0 Å². The molecule has 19 heavy (non-hydrogen) atoms. The topological polar surface area (TPSA) is 34.2 Å². The van der Waals surface area contributed by atoms with Gasteiger partial charge in [-0.3, -0.25) is 4.98 Å². The molecule has 1 N–H and O–H groups in total. The third-order valence-electron chi connectivity index (χ3n) is 2.85. The van der Waals surface area contributed by atoms with Crippen LogP contribution in [0.3, 0.4) is 0 Å². The SMILES string of the molecule is CNC(c1cc(F)cc(F)c1)c1ccncc1OC. The largest absolute Gasteiger partial charge is 0.495 e. The second kappa shape index (κ2) is 5.75. The molecule has 2 rings (SSSR count). The molecule has 1 heterocycles. The van der Waals surface area contributed by atoms with Crippen molar-refractivity contribution in [2.75, 3.05) is 14.2 Å². The fourth-order valence-corrected chi connectivity index (χ4v) is 2.04. The zero-order valence-corrected chi connectivity index (χ0v) is 10.7. The predicted molar refractivity (Wildman–Crippen MR) is 68.0 cm³/mol. The minimum Gasteiger partial charge on any atom is -0.495 e. The standard InChI is InChI=1S/C14H14F2N2O/c1-17-14(9-5-10(15)7-11(16)6-9)12-3-4-18-8-13(12)19-2/h3-8,14,17H,1-2H3. The van der Waals surface area contributed by atoms with E-state index < -0.39 is 11.6 Å². The Morgan fingerprint density at radius 2 is 1.89 bits per heavy atom. The minimum atomic E-state index is -0.608. The highest BCUT2D eigenvalue weighted by Crippen LogP contribution is 2.29. The fraction of sp³-hybridized carbons (Fsp3) is 0.214. The zero-order chi connectivity index (χ0) is 13.8. The number of nitrogens with zero attached hydrogens (tertiary/aromatic N) is 1. The Kier molecular flexibility index (Phi) is 4.06. The summed E-state index contributed by atoms with van der Waals surface area (Å²) in [5.41, 5.74) is 1.26. The number of hydrogen-bond acceptors (Lipinski definition) is 3. The summed E-state index contributed by atoms with van der Waals surface area (Å²) < 4.78 is 31.8. The van der Waals surface area contributed by atoms with Crippen molar-refractivity contribution in [2.45, 2.75) is 6.04 Å². The van der Waals surface area contributed by atoms with E-state index in [2.05, 4.69) is 10.3 Å². The fourth-order valence-electron chi connectivity index (χ4n) is 2.04. The van der Waals surface area contributed by atoms with E-state index in [9.17, 15) is 8.78 Å². The average molecular weight is 264 g/mol. The summed E-state index contributed by atoms with van der Waals surface area (Å²) in [6.45, 7) is 0. The predicted octanol–water partition coefficient (Wildman–Crippen LogP) is 2.68. The van der Waals surface area contributed by atoms with Gasteiger partial charge in [-0.05, 0) is 30.8 Å². The van der Waals surface area contributed by atoms with Gasteiger partial charge in [-0.1, -0.05) is 0 Å². The van der Waals surface area contributed by atoms with Crippen molar-refractivity contribution < 1.29 is 13.5 Å². The van der Waals surface area contributed by atoms with Gasteiger partial charge in [-0.15, -0.1) is 0 Å². The number of pyridine rings is 1. The average Bonchev–Trinajstić information content (AvgIpc) is 2.39. The Morgan fingerprint density at radius 1 is 1.21 bits per heavy atom. The van der Waals surface area contributed by atoms with Crippen molar-refractivity contribution in [1.82, 2.24) is 10.3 Å². The van der Waals surface area contributed by atoms with Crippen molar-refractivity contribution >= 4 is 0 Å². The maximum absolute atomic E-state index is 13.3. The molecule has 2 aromatic rings. The highest BCUT2D eigenvalue weighted by atomic mass is 19.1. The highest BCUT2D eigenvalue weighted by molar-refractivity contribution is 5.39. The van der Waals surface area contributed by atoms with Crippen molar-refractivity contribution in [2.24, 2.45) is 0 Å². The molecule has 1 aromatic carbocycles. The first kappa shape index (κ1) is 13.4. The molecular weight excluding hydrogens is 250 g/mol. The number of methoxy groups -OCH3 is 1. The Bertz CT molecular complexity index is 555. The number of rotatable bonds is 4. The molecule has 5 heteroatoms. The van der Waals surface area contributed by atoms with E-state index in [4.69, 9.17) is 4.74 Å². The molecule has 0 amide bonds. The Hall–Kier alpha value is -2.01. The number of benzene rings is 1. The first-order chi connectivity index (χ1) is 9.15. The minimum absolute atomic E-state index is 0.372. The molecule has 0 spiro atoms. The number of hydrogen-bond donors (Lipinski definition) is 1. The van der Waals surface area contributed by atoms with Crippen LogP contribution in [0.1, 0.15) is 17.2 Å². The maximum atomic E-state index is 13.3. The van der Waals surface area contributed by atoms with E-state index in [0.717, 1.165) is 11.6 Å². The summed E-state index contributed by atoms with van der Waals surface area (Å²) in [4.78, 5) is 3.96. The quantitative estimate of drug-likeness (QED) is 0.922. The van der Waals surface area contributed by atoms with Crippen molar-refractivity contribution in [1.29, 1.82) is 0 Å². The van der Waals surface area contributed by atoms with E-state index in [1.807, 2.05) is 0 Å². The lowest BCUT2D eigenvalue weighted by Gasteiger charge is -2.19. The first-order valence-corrected chi connectivity index (χ1v) is 5.77. The molecule has 3 nitrogen and oxygen atoms in total. The smallest absolute Gasteiger partial charge is 0.142 e. The van der Waals surface area contributed by atoms with Crippen molar-refractivity contribution in [3.05, 3.63) is 59.4 Å². The molecule has 0 radical (unpaired) electrons. The maximum Gasteiger partial charge on any atom is 0.142 e. The molecule has 0 fully saturated rings. The Morgan fingerprint density at radius 3 is 2.47 bits per heavy atom. The van der Waals surface area contributed by atoms with Gasteiger partial charge in [0.25, 0.3) is 0 Å². The van der Waals surface area contributed by atoms with Crippen LogP contribution in [0.15, 0.2) is 36.7 Å². The van der Waals surface area contributed by atoms with Crippen molar-refractivity contribution in [3.8, 4) is 5.75 Å². The van der Waals surface area contributed by atoms with E-state index >= 15 is 0 Å². The summed E-state index contributed by atoms with van der Waals surface area (Å²) in [6, 6.07) is 4.82. The van der Waals surface area contributed by atoms with Gasteiger partial charge in [0.15, 0.2) is 0 Å². The number of halogens is 2. The van der Waals surface area contributed by atoms with E-state index in [1.165, 1.54) is 19.2 Å². The van der Waals surface area contributed by atoms with E-state index in [1.54, 1.807) is 25.5 Å². The molecule has 0 aliphatic rings. The summed E-state index contributed by atoms with van der Waals surface area (Å²) in [5, 5.41) is 3.02. The molecule has 0 saturated heterocycles. The van der Waals surface area contributed by atoms with Crippen LogP contribution >= 0.6 is 0 Å². The summed E-state index contributed by atoms with van der Waals surface area (Å²) in [6.07, 6.45) is 3.17. The summed E-state index contributed by atoms with van der Waals surface area (Å²) >= 11 is 0. The van der Waals surface area contributed by atoms with Crippen LogP contribution < -0.4 is 10.1 Å². The van der Waals surface area contributed by atoms with Crippen LogP contribution in [0.4, 0.5) is 8.78 Å². The molecule has 1 aromatic heterocycles. The molecule has 1 unspecified atom stereocenters. The van der Waals surface area contributed by atoms with Gasteiger partial charge >= 0.3 is 0 Å². The molecule has 0 saturated carbocycles. The summed E-state index contributed by atoms with van der Waals surface area (Å²) in [7, 11) is 3.24. The molecule has 0 aliphatic carbocycles. The molecule has 0 aliphatic heterocycles. The van der Waals surface area contributed by atoms with Crippen LogP contribution in [0, 0.1) is 11.6 Å². The monoisotopic (exact) mass is 264 g/mol. The van der Waals surface area contributed by atoms with Gasteiger partial charge in [-0.2, -0.15) is 0 Å². The van der Waals surface area contributed by atoms with E-state index in [0.29, 0.717) is 11.3 Å². The lowest BCUT2D eigenvalue weighted by atomic mass is 9.99. The van der Waals surface area contributed by atoms with Gasteiger partial charge in [0.05, 0.1) is 19.3 Å². The first-order valence-electron chi connectivity index (χ1n) is 5.77. The molecule has 100 valence electrons. The van der Waals surface area contributed by atoms with Gasteiger partial charge in [0.2, 0.25) is 0 Å². The van der Waals surface area contributed by atoms with Crippen LogP contribution in [0.5, 0.6) is 5.75 Å². The number of aromatic nitrogens is 1. The lowest BCUT2D eigenvalue weighted by Crippen LogP contribution is -2.19. The van der Waals surface area contributed by atoms with Gasteiger partial charge in [0.1, 0.15) is 17.4 Å². The lowest BCUT2D eigenvalue weighted by molar-refractivity contribution is 0.403. The molecular formula is C14H14F2N2O. The number of nitrogens with one attached hydrogen (secondary N) is 1. The number of ether oxygens (including phenoxy) is 1. The third-order valence-corrected chi connectivity index (χ3v) is 2.85. The summed E-state index contributed by atoms with van der Waals surface area (Å²) in [5.74, 6) is -0.655. The zero-order valence-electron chi connectivity index (χ0n) is 10.7. The molecule has 1 atom stereocenters. The van der Waals surface area contributed by atoms with Crippen LogP contribution in [-0.2, 0) is 0 Å². The van der Waals surface area contributed by atoms with Crippen molar-refractivity contribution in [3.63, 3.8) is 0 Å². The second-order valence-corrected chi connectivity index (χ2v) is 4.04. The van der Waals surface area contributed by atoms with E-state index in [-0.39, 0.29) is 6.04 Å². The Balaban J connectivity index is 2.49. The highest BCUT2D eigenvalue weighted by Gasteiger charge is 2.18. The molecule has 0 bridgehead atoms. The Labute approximate surface area is 110 Å². The van der Waals surface area contributed by atoms with Crippen LogP contribution in [0.2, 0.25) is 0 Å². The second-order valence-electron chi connectivity index (χ2n) is 4.04. The van der Waals surface area contributed by atoms with Gasteiger partial charge < -0.3 is 10.1 Å². The van der Waals surface area contributed by atoms with Gasteiger partial charge in [-0.25, -0.2) is 8.78 Å².